The molecule has 120 valence electrons. The Morgan fingerprint density at radius 3 is 3.22 bits per heavy atom. The molecule has 0 bridgehead atoms. The van der Waals surface area contributed by atoms with Crippen molar-refractivity contribution in [2.45, 2.75) is 25.6 Å². The Hall–Kier alpha value is -2.34. The molecule has 0 saturated heterocycles. The molecule has 0 fully saturated rings. The third-order valence-corrected chi connectivity index (χ3v) is 4.48. The van der Waals surface area contributed by atoms with Gasteiger partial charge >= 0.3 is 0 Å². The van der Waals surface area contributed by atoms with E-state index < -0.39 is 0 Å². The quantitative estimate of drug-likeness (QED) is 0.929. The average Bonchev–Trinajstić information content (AvgIpc) is 3.03. The van der Waals surface area contributed by atoms with Crippen molar-refractivity contribution in [3.8, 4) is 5.75 Å². The maximum Gasteiger partial charge on any atom is 0.234 e. The van der Waals surface area contributed by atoms with Crippen LogP contribution in [0.2, 0.25) is 0 Å². The molecular weight excluding hydrogens is 292 g/mol. The molecule has 0 spiro atoms. The minimum Gasteiger partial charge on any atom is -0.493 e. The second-order valence-electron chi connectivity index (χ2n) is 6.04. The van der Waals surface area contributed by atoms with Gasteiger partial charge in [0.25, 0.3) is 0 Å². The summed E-state index contributed by atoms with van der Waals surface area (Å²) in [7, 11) is 0. The van der Waals surface area contributed by atoms with Gasteiger partial charge in [0.1, 0.15) is 11.6 Å². The highest BCUT2D eigenvalue weighted by molar-refractivity contribution is 5.78. The number of fused-ring (bicyclic) bond motifs is 2. The number of rotatable bonds is 3. The first-order valence-corrected chi connectivity index (χ1v) is 8.03. The highest BCUT2D eigenvalue weighted by Gasteiger charge is 2.24. The summed E-state index contributed by atoms with van der Waals surface area (Å²) in [6.45, 7) is 3.55. The minimum absolute atomic E-state index is 0.0410. The van der Waals surface area contributed by atoms with Gasteiger partial charge in [-0.1, -0.05) is 18.2 Å². The highest BCUT2D eigenvalue weighted by atomic mass is 16.5. The molecule has 2 aliphatic rings. The number of amides is 1. The van der Waals surface area contributed by atoms with Crippen LogP contribution in [0.4, 0.5) is 0 Å². The smallest absolute Gasteiger partial charge is 0.234 e. The average molecular weight is 312 g/mol. The number of aromatic nitrogens is 2. The van der Waals surface area contributed by atoms with Gasteiger partial charge in [0, 0.05) is 37.5 Å². The van der Waals surface area contributed by atoms with Crippen molar-refractivity contribution < 1.29 is 9.53 Å². The predicted molar refractivity (Wildman–Crippen MR) is 84.9 cm³/mol. The van der Waals surface area contributed by atoms with Crippen LogP contribution >= 0.6 is 0 Å². The number of benzene rings is 1. The van der Waals surface area contributed by atoms with Gasteiger partial charge in [-0.05, 0) is 6.07 Å². The normalized spacial score (nSPS) is 20.3. The number of carbonyl (C=O) groups is 1. The van der Waals surface area contributed by atoms with Gasteiger partial charge in [-0.15, -0.1) is 0 Å². The van der Waals surface area contributed by atoms with Crippen LogP contribution in [-0.2, 0) is 17.9 Å². The molecule has 2 aliphatic heterocycles. The Morgan fingerprint density at radius 2 is 2.26 bits per heavy atom. The maximum atomic E-state index is 12.4. The van der Waals surface area contributed by atoms with Gasteiger partial charge in [-0.3, -0.25) is 9.69 Å². The van der Waals surface area contributed by atoms with Crippen molar-refractivity contribution in [3.63, 3.8) is 0 Å². The molecule has 1 unspecified atom stereocenters. The summed E-state index contributed by atoms with van der Waals surface area (Å²) in [5.41, 5.74) is 1.07. The Balaban J connectivity index is 1.38. The van der Waals surface area contributed by atoms with Crippen LogP contribution in [0, 0.1) is 0 Å². The fraction of sp³-hybridized carbons (Fsp3) is 0.412. The van der Waals surface area contributed by atoms with Crippen LogP contribution in [0.1, 0.15) is 23.9 Å². The molecule has 1 aromatic carbocycles. The maximum absolute atomic E-state index is 12.4. The number of nitrogens with one attached hydrogen (secondary N) is 1. The minimum atomic E-state index is 0.0410. The summed E-state index contributed by atoms with van der Waals surface area (Å²) in [5.74, 6) is 1.97. The second kappa shape index (κ2) is 6.04. The molecular formula is C17H20N4O2. The first-order valence-electron chi connectivity index (χ1n) is 8.03. The molecule has 6 nitrogen and oxygen atoms in total. The van der Waals surface area contributed by atoms with Crippen LogP contribution in [0.5, 0.6) is 5.75 Å². The van der Waals surface area contributed by atoms with E-state index in [4.69, 9.17) is 4.74 Å². The van der Waals surface area contributed by atoms with E-state index in [0.717, 1.165) is 43.2 Å². The third-order valence-electron chi connectivity index (χ3n) is 4.48. The van der Waals surface area contributed by atoms with E-state index >= 15 is 0 Å². The lowest BCUT2D eigenvalue weighted by molar-refractivity contribution is -0.123. The Kier molecular flexibility index (Phi) is 3.75. The number of para-hydroxylation sites is 1. The van der Waals surface area contributed by atoms with Crippen LogP contribution in [0.3, 0.4) is 0 Å². The van der Waals surface area contributed by atoms with Crippen molar-refractivity contribution in [2.24, 2.45) is 0 Å². The van der Waals surface area contributed by atoms with E-state index in [9.17, 15) is 4.79 Å². The molecule has 6 heteroatoms. The molecule has 1 amide bonds. The first kappa shape index (κ1) is 14.3. The summed E-state index contributed by atoms with van der Waals surface area (Å²) >= 11 is 0. The third kappa shape index (κ3) is 2.94. The van der Waals surface area contributed by atoms with Crippen molar-refractivity contribution in [3.05, 3.63) is 48.0 Å². The summed E-state index contributed by atoms with van der Waals surface area (Å²) in [4.78, 5) is 18.9. The molecule has 0 radical (unpaired) electrons. The van der Waals surface area contributed by atoms with E-state index in [-0.39, 0.29) is 11.9 Å². The van der Waals surface area contributed by atoms with E-state index in [0.29, 0.717) is 13.2 Å². The number of hydrogen-bond donors (Lipinski definition) is 1. The molecule has 0 aliphatic carbocycles. The zero-order valence-electron chi connectivity index (χ0n) is 12.9. The van der Waals surface area contributed by atoms with E-state index in [1.165, 1.54) is 0 Å². The molecule has 1 atom stereocenters. The fourth-order valence-electron chi connectivity index (χ4n) is 3.29. The van der Waals surface area contributed by atoms with Crippen molar-refractivity contribution in [1.29, 1.82) is 0 Å². The first-order chi connectivity index (χ1) is 11.3. The largest absolute Gasteiger partial charge is 0.493 e. The fourth-order valence-corrected chi connectivity index (χ4v) is 3.29. The lowest BCUT2D eigenvalue weighted by Crippen LogP contribution is -2.43. The summed E-state index contributed by atoms with van der Waals surface area (Å²) in [6.07, 6.45) is 4.62. The molecule has 4 rings (SSSR count). The monoisotopic (exact) mass is 312 g/mol. The molecule has 1 aromatic heterocycles. The van der Waals surface area contributed by atoms with Crippen molar-refractivity contribution >= 4 is 5.91 Å². The van der Waals surface area contributed by atoms with Crippen LogP contribution in [-0.4, -0.2) is 40.1 Å². The van der Waals surface area contributed by atoms with Gasteiger partial charge in [0.15, 0.2) is 0 Å². The van der Waals surface area contributed by atoms with Crippen LogP contribution in [0.25, 0.3) is 0 Å². The number of nitrogens with zero attached hydrogens (tertiary/aromatic N) is 3. The summed E-state index contributed by atoms with van der Waals surface area (Å²) < 4.78 is 7.78. The standard InChI is InChI=1S/C17H20N4O2/c22-17(12-20-8-9-21-7-6-18-16(21)11-20)19-14-5-10-23-15-4-2-1-3-13(14)15/h1-4,6-7,14H,5,8-12H2,(H,19,22). The Morgan fingerprint density at radius 1 is 1.35 bits per heavy atom. The number of ether oxygens (including phenoxy) is 1. The molecule has 0 saturated carbocycles. The lowest BCUT2D eigenvalue weighted by Gasteiger charge is -2.29. The Labute approximate surface area is 135 Å². The van der Waals surface area contributed by atoms with Gasteiger partial charge in [-0.25, -0.2) is 4.98 Å². The van der Waals surface area contributed by atoms with Crippen molar-refractivity contribution in [1.82, 2.24) is 19.8 Å². The molecule has 1 N–H and O–H groups in total. The van der Waals surface area contributed by atoms with Gasteiger partial charge < -0.3 is 14.6 Å². The zero-order valence-corrected chi connectivity index (χ0v) is 12.9. The molecule has 2 aromatic rings. The SMILES string of the molecule is O=C(CN1CCn2ccnc2C1)NC1CCOc2ccccc21. The van der Waals surface area contributed by atoms with Gasteiger partial charge in [0.05, 0.1) is 25.7 Å². The second-order valence-corrected chi connectivity index (χ2v) is 6.04. The topological polar surface area (TPSA) is 59.4 Å². The van der Waals surface area contributed by atoms with Gasteiger partial charge in [0.2, 0.25) is 5.91 Å². The van der Waals surface area contributed by atoms with E-state index in [2.05, 4.69) is 19.8 Å². The van der Waals surface area contributed by atoms with E-state index in [1.807, 2.05) is 36.7 Å². The Bertz CT molecular complexity index is 712. The summed E-state index contributed by atoms with van der Waals surface area (Å²) in [6, 6.07) is 7.96. The predicted octanol–water partition coefficient (Wildman–Crippen LogP) is 1.34. The summed E-state index contributed by atoms with van der Waals surface area (Å²) in [5, 5.41) is 3.15. The molecule has 23 heavy (non-hydrogen) atoms. The zero-order chi connectivity index (χ0) is 15.6. The van der Waals surface area contributed by atoms with Crippen LogP contribution in [0.15, 0.2) is 36.7 Å². The highest BCUT2D eigenvalue weighted by Crippen LogP contribution is 2.31. The van der Waals surface area contributed by atoms with Gasteiger partial charge in [-0.2, -0.15) is 0 Å². The lowest BCUT2D eigenvalue weighted by atomic mass is 10.0. The van der Waals surface area contributed by atoms with E-state index in [1.54, 1.807) is 0 Å². The van der Waals surface area contributed by atoms with Crippen molar-refractivity contribution in [2.75, 3.05) is 19.7 Å². The number of hydrogen-bond acceptors (Lipinski definition) is 4. The number of carbonyl (C=O) groups excluding carboxylic acids is 1. The van der Waals surface area contributed by atoms with Crippen LogP contribution < -0.4 is 10.1 Å². The molecule has 3 heterocycles. The number of imidazole rings is 1.